The lowest BCUT2D eigenvalue weighted by Crippen LogP contribution is -2.21. The second kappa shape index (κ2) is 17.3. The van der Waals surface area contributed by atoms with Gasteiger partial charge in [-0.15, -0.1) is 0 Å². The number of halogens is 3. The first kappa shape index (κ1) is 44.8. The van der Waals surface area contributed by atoms with Crippen molar-refractivity contribution in [3.8, 4) is 51.7 Å². The molecule has 16 heteroatoms. The highest BCUT2D eigenvalue weighted by molar-refractivity contribution is 6.11. The molecule has 0 N–H and O–H groups in total. The summed E-state index contributed by atoms with van der Waals surface area (Å²) in [5.74, 6) is 4.40. The van der Waals surface area contributed by atoms with Crippen molar-refractivity contribution in [1.29, 1.82) is 10.5 Å². The van der Waals surface area contributed by atoms with Crippen LogP contribution < -0.4 is 4.90 Å². The molecule has 0 atom stereocenters. The molecule has 0 saturated heterocycles. The van der Waals surface area contributed by atoms with Gasteiger partial charge in [-0.1, -0.05) is 44.0 Å². The Morgan fingerprint density at radius 2 is 1.13 bits per heavy atom. The molecule has 4 heterocycles. The highest BCUT2D eigenvalue weighted by Crippen LogP contribution is 2.44. The van der Waals surface area contributed by atoms with Crippen molar-refractivity contribution < 1.29 is 13.2 Å². The molecular formula is C51H40F3N13. The summed E-state index contributed by atoms with van der Waals surface area (Å²) in [5.41, 5.74) is 3.47. The maximum atomic E-state index is 14.5. The Morgan fingerprint density at radius 1 is 0.627 bits per heavy atom. The van der Waals surface area contributed by atoms with Gasteiger partial charge in [0.2, 0.25) is 0 Å². The normalized spacial score (nSPS) is 11.7. The van der Waals surface area contributed by atoms with E-state index in [1.165, 1.54) is 12.1 Å². The van der Waals surface area contributed by atoms with E-state index in [1.54, 1.807) is 64.7 Å². The minimum Gasteiger partial charge on any atom is -0.310 e. The van der Waals surface area contributed by atoms with Gasteiger partial charge in [-0.3, -0.25) is 0 Å². The molecule has 0 amide bonds. The standard InChI is InChI=1S/C51H40F3N13/c1-11-27(3)66(28(4)16-26(2)48-60-29(5)57-30(6)61-48)46-22-39(25-56)43(38-17-35(24-55)18-40(19-38)51(52,53)54)23-47(46)67-44-20-36(49-62-31(7)58-32(8)63-49)12-14-41(44)42-15-13-37(21-45(42)67)50-64-33(9)59-34(10)65-50/h11-23H,1,3-4H2,2,5-10H3/b26-16+. The maximum absolute atomic E-state index is 14.5. The summed E-state index contributed by atoms with van der Waals surface area (Å²) in [6.07, 6.45) is -1.51. The van der Waals surface area contributed by atoms with Crippen LogP contribution in [0.1, 0.15) is 64.4 Å². The Morgan fingerprint density at radius 3 is 1.60 bits per heavy atom. The largest absolute Gasteiger partial charge is 0.416 e. The van der Waals surface area contributed by atoms with Gasteiger partial charge in [-0.2, -0.15) is 23.7 Å². The Labute approximate surface area is 383 Å². The SMILES string of the molecule is C=CC(=C)N(C(=C)/C=C(\C)c1nc(C)nc(C)n1)c1cc(C#N)c(-c2cc(C#N)cc(C(F)(F)F)c2)cc1-n1c2cc(-c3nc(C)nc(C)n3)ccc2c2ccc(-c3nc(C)nc(C)n3)cc21. The van der Waals surface area contributed by atoms with Crippen LogP contribution in [-0.4, -0.2) is 49.4 Å². The Balaban J connectivity index is 1.53. The highest BCUT2D eigenvalue weighted by Gasteiger charge is 2.32. The molecule has 0 fully saturated rings. The average Bonchev–Trinajstić information content (AvgIpc) is 3.60. The van der Waals surface area contributed by atoms with Crippen molar-refractivity contribution >= 4 is 33.1 Å². The van der Waals surface area contributed by atoms with Crippen molar-refractivity contribution in [2.24, 2.45) is 0 Å². The number of fused-ring (bicyclic) bond motifs is 3. The summed E-state index contributed by atoms with van der Waals surface area (Å²) in [4.78, 5) is 42.5. The zero-order chi connectivity index (χ0) is 48.1. The lowest BCUT2D eigenvalue weighted by atomic mass is 9.94. The van der Waals surface area contributed by atoms with Crippen LogP contribution in [0, 0.1) is 64.2 Å². The third-order valence-electron chi connectivity index (χ3n) is 10.8. The van der Waals surface area contributed by atoms with Crippen LogP contribution >= 0.6 is 0 Å². The van der Waals surface area contributed by atoms with E-state index < -0.39 is 11.7 Å². The number of hydrogen-bond donors (Lipinski definition) is 0. The van der Waals surface area contributed by atoms with Gasteiger partial charge in [-0.25, -0.2) is 44.9 Å². The Bertz CT molecular complexity index is 3360. The summed E-state index contributed by atoms with van der Waals surface area (Å²) in [7, 11) is 0. The molecule has 67 heavy (non-hydrogen) atoms. The summed E-state index contributed by atoms with van der Waals surface area (Å²) in [6.45, 7) is 25.3. The number of nitriles is 2. The van der Waals surface area contributed by atoms with E-state index in [4.69, 9.17) is 0 Å². The van der Waals surface area contributed by atoms with Crippen LogP contribution in [0.2, 0.25) is 0 Å². The van der Waals surface area contributed by atoms with Gasteiger partial charge in [0.15, 0.2) is 17.5 Å². The highest BCUT2D eigenvalue weighted by atomic mass is 19.4. The van der Waals surface area contributed by atoms with Crippen molar-refractivity contribution in [3.05, 3.63) is 167 Å². The van der Waals surface area contributed by atoms with E-state index in [0.29, 0.717) is 103 Å². The van der Waals surface area contributed by atoms with E-state index in [1.807, 2.05) is 54.0 Å². The third kappa shape index (κ3) is 8.76. The average molecular weight is 892 g/mol. The number of aryl methyl sites for hydroxylation is 6. The zero-order valence-corrected chi connectivity index (χ0v) is 37.6. The molecule has 330 valence electrons. The van der Waals surface area contributed by atoms with Gasteiger partial charge >= 0.3 is 6.18 Å². The van der Waals surface area contributed by atoms with E-state index >= 15 is 0 Å². The molecule has 8 aromatic rings. The predicted molar refractivity (Wildman–Crippen MR) is 251 cm³/mol. The Hall–Kier alpha value is -8.76. The fraction of sp³-hybridized carbons (Fsp3) is 0.157. The molecule has 0 bridgehead atoms. The molecule has 0 spiro atoms. The molecular weight excluding hydrogens is 852 g/mol. The van der Waals surface area contributed by atoms with Crippen molar-refractivity contribution in [2.75, 3.05) is 4.90 Å². The quantitative estimate of drug-likeness (QED) is 0.119. The number of benzene rings is 4. The summed E-state index contributed by atoms with van der Waals surface area (Å²) in [5, 5.41) is 22.4. The molecule has 0 radical (unpaired) electrons. The van der Waals surface area contributed by atoms with Crippen LogP contribution in [0.25, 0.3) is 67.0 Å². The van der Waals surface area contributed by atoms with Crippen LogP contribution in [0.15, 0.2) is 110 Å². The summed E-state index contributed by atoms with van der Waals surface area (Å²) in [6, 6.07) is 21.9. The first-order chi connectivity index (χ1) is 31.8. The van der Waals surface area contributed by atoms with Crippen molar-refractivity contribution in [2.45, 2.75) is 54.6 Å². The minimum absolute atomic E-state index is 0.00420. The molecule has 8 rings (SSSR count). The van der Waals surface area contributed by atoms with Crippen LogP contribution in [0.5, 0.6) is 0 Å². The van der Waals surface area contributed by atoms with Gasteiger partial charge in [0.05, 0.1) is 51.2 Å². The Kier molecular flexibility index (Phi) is 11.6. The first-order valence-electron chi connectivity index (χ1n) is 20.7. The summed E-state index contributed by atoms with van der Waals surface area (Å²) >= 11 is 0. The molecule has 0 unspecified atom stereocenters. The molecule has 4 aromatic heterocycles. The topological polar surface area (TPSA) is 172 Å². The van der Waals surface area contributed by atoms with Gasteiger partial charge in [0.25, 0.3) is 0 Å². The van der Waals surface area contributed by atoms with E-state index in [9.17, 15) is 23.7 Å². The summed E-state index contributed by atoms with van der Waals surface area (Å²) < 4.78 is 45.4. The number of rotatable bonds is 10. The molecule has 0 saturated carbocycles. The fourth-order valence-electron chi connectivity index (χ4n) is 8.08. The van der Waals surface area contributed by atoms with Gasteiger partial charge in [0, 0.05) is 38.9 Å². The van der Waals surface area contributed by atoms with Crippen LogP contribution in [0.3, 0.4) is 0 Å². The van der Waals surface area contributed by atoms with Gasteiger partial charge < -0.3 is 9.47 Å². The minimum atomic E-state index is -4.80. The van der Waals surface area contributed by atoms with Crippen LogP contribution in [0.4, 0.5) is 18.9 Å². The van der Waals surface area contributed by atoms with Gasteiger partial charge in [0.1, 0.15) is 34.9 Å². The predicted octanol–water partition coefficient (Wildman–Crippen LogP) is 11.1. The number of anilines is 1. The van der Waals surface area contributed by atoms with E-state index in [2.05, 4.69) is 70.7 Å². The fourth-order valence-corrected chi connectivity index (χ4v) is 8.08. The molecule has 0 aliphatic rings. The second-order valence-corrected chi connectivity index (χ2v) is 15.8. The molecule has 4 aromatic carbocycles. The van der Waals surface area contributed by atoms with Gasteiger partial charge in [-0.05, 0) is 114 Å². The molecule has 13 nitrogen and oxygen atoms in total. The number of alkyl halides is 3. The monoisotopic (exact) mass is 891 g/mol. The van der Waals surface area contributed by atoms with Crippen molar-refractivity contribution in [1.82, 2.24) is 49.4 Å². The second-order valence-electron chi connectivity index (χ2n) is 15.8. The lowest BCUT2D eigenvalue weighted by Gasteiger charge is -2.30. The van der Waals surface area contributed by atoms with E-state index in [-0.39, 0.29) is 22.3 Å². The first-order valence-corrected chi connectivity index (χ1v) is 20.7. The zero-order valence-electron chi connectivity index (χ0n) is 37.6. The van der Waals surface area contributed by atoms with Crippen molar-refractivity contribution in [3.63, 3.8) is 0 Å². The number of hydrogen-bond acceptors (Lipinski definition) is 12. The molecule has 0 aliphatic carbocycles. The molecule has 0 aliphatic heterocycles. The number of allylic oxidation sites excluding steroid dienone is 3. The van der Waals surface area contributed by atoms with E-state index in [0.717, 1.165) is 22.9 Å². The smallest absolute Gasteiger partial charge is 0.310 e. The number of nitrogens with zero attached hydrogens (tertiary/aromatic N) is 13. The lowest BCUT2D eigenvalue weighted by molar-refractivity contribution is -0.137. The number of aromatic nitrogens is 10. The third-order valence-corrected chi connectivity index (χ3v) is 10.8. The maximum Gasteiger partial charge on any atom is 0.416 e. The van der Waals surface area contributed by atoms with Crippen LogP contribution in [-0.2, 0) is 6.18 Å².